The van der Waals surface area contributed by atoms with E-state index in [1.165, 1.54) is 5.56 Å². The molecule has 0 aliphatic heterocycles. The molecular formula is C17H30N2O2. The van der Waals surface area contributed by atoms with E-state index in [4.69, 9.17) is 9.47 Å². The smallest absolute Gasteiger partial charge is 0.119 e. The first kappa shape index (κ1) is 18.0. The van der Waals surface area contributed by atoms with Crippen LogP contribution in [0.5, 0.6) is 5.75 Å². The first-order valence-corrected chi connectivity index (χ1v) is 7.84. The lowest BCUT2D eigenvalue weighted by atomic mass is 10.1. The topological polar surface area (TPSA) is 33.7 Å². The summed E-state index contributed by atoms with van der Waals surface area (Å²) < 4.78 is 10.8. The predicted molar refractivity (Wildman–Crippen MR) is 88.0 cm³/mol. The number of methoxy groups -OCH3 is 1. The molecule has 21 heavy (non-hydrogen) atoms. The molecule has 4 nitrogen and oxygen atoms in total. The van der Waals surface area contributed by atoms with Crippen LogP contribution in [0.2, 0.25) is 0 Å². The van der Waals surface area contributed by atoms with Gasteiger partial charge in [-0.15, -0.1) is 0 Å². The molecule has 0 fully saturated rings. The third-order valence-electron chi connectivity index (χ3n) is 3.38. The molecule has 4 heteroatoms. The summed E-state index contributed by atoms with van der Waals surface area (Å²) >= 11 is 0. The fourth-order valence-electron chi connectivity index (χ4n) is 2.20. The van der Waals surface area contributed by atoms with Crippen molar-refractivity contribution in [1.82, 2.24) is 10.2 Å². The highest BCUT2D eigenvalue weighted by molar-refractivity contribution is 5.29. The van der Waals surface area contributed by atoms with E-state index in [-0.39, 0.29) is 0 Å². The fraction of sp³-hybridized carbons (Fsp3) is 0.647. The summed E-state index contributed by atoms with van der Waals surface area (Å²) in [7, 11) is 3.87. The van der Waals surface area contributed by atoms with Crippen molar-refractivity contribution in [1.29, 1.82) is 0 Å². The van der Waals surface area contributed by atoms with Crippen LogP contribution in [0.4, 0.5) is 0 Å². The Hall–Kier alpha value is -1.10. The molecule has 1 unspecified atom stereocenters. The average Bonchev–Trinajstić information content (AvgIpc) is 2.51. The minimum Gasteiger partial charge on any atom is -0.494 e. The lowest BCUT2D eigenvalue weighted by Crippen LogP contribution is -2.34. The van der Waals surface area contributed by atoms with Gasteiger partial charge in [-0.3, -0.25) is 0 Å². The van der Waals surface area contributed by atoms with Gasteiger partial charge in [0.15, 0.2) is 0 Å². The summed E-state index contributed by atoms with van der Waals surface area (Å²) in [4.78, 5) is 2.29. The molecular weight excluding hydrogens is 264 g/mol. The predicted octanol–water partition coefficient (Wildman–Crippen LogP) is 2.70. The van der Waals surface area contributed by atoms with E-state index in [0.717, 1.165) is 45.0 Å². The molecule has 0 heterocycles. The number of rotatable bonds is 11. The first-order valence-electron chi connectivity index (χ1n) is 7.84. The van der Waals surface area contributed by atoms with Gasteiger partial charge in [0.2, 0.25) is 0 Å². The van der Waals surface area contributed by atoms with Gasteiger partial charge >= 0.3 is 0 Å². The van der Waals surface area contributed by atoms with E-state index in [1.54, 1.807) is 7.11 Å². The highest BCUT2D eigenvalue weighted by Crippen LogP contribution is 2.19. The van der Waals surface area contributed by atoms with E-state index in [1.807, 2.05) is 0 Å². The Morgan fingerprint density at radius 2 is 1.86 bits per heavy atom. The van der Waals surface area contributed by atoms with Crippen LogP contribution in [0.1, 0.15) is 31.9 Å². The number of hydrogen-bond donors (Lipinski definition) is 1. The van der Waals surface area contributed by atoms with Crippen molar-refractivity contribution in [3.8, 4) is 5.75 Å². The molecule has 1 aromatic rings. The van der Waals surface area contributed by atoms with Gasteiger partial charge in [-0.2, -0.15) is 0 Å². The Kier molecular flexibility index (Phi) is 9.06. The van der Waals surface area contributed by atoms with Crippen LogP contribution in [-0.4, -0.2) is 51.9 Å². The number of nitrogens with zero attached hydrogens (tertiary/aromatic N) is 1. The van der Waals surface area contributed by atoms with Crippen LogP contribution in [0.25, 0.3) is 0 Å². The summed E-state index contributed by atoms with van der Waals surface area (Å²) in [5, 5.41) is 3.55. The summed E-state index contributed by atoms with van der Waals surface area (Å²) in [5.41, 5.74) is 1.30. The monoisotopic (exact) mass is 294 g/mol. The molecule has 0 aromatic heterocycles. The minimum atomic E-state index is 0.331. The number of ether oxygens (including phenoxy) is 2. The molecule has 0 amide bonds. The van der Waals surface area contributed by atoms with Crippen molar-refractivity contribution in [2.45, 2.75) is 26.3 Å². The molecule has 0 saturated heterocycles. The Morgan fingerprint density at radius 1 is 1.14 bits per heavy atom. The van der Waals surface area contributed by atoms with Crippen LogP contribution in [0.3, 0.4) is 0 Å². The Morgan fingerprint density at radius 3 is 2.43 bits per heavy atom. The van der Waals surface area contributed by atoms with Crippen LogP contribution in [0, 0.1) is 0 Å². The summed E-state index contributed by atoms with van der Waals surface area (Å²) in [6.45, 7) is 8.65. The number of nitrogens with one attached hydrogen (secondary N) is 1. The van der Waals surface area contributed by atoms with Crippen molar-refractivity contribution < 1.29 is 9.47 Å². The normalized spacial score (nSPS) is 12.6. The van der Waals surface area contributed by atoms with Gasteiger partial charge in [-0.1, -0.05) is 26.0 Å². The van der Waals surface area contributed by atoms with Gasteiger partial charge in [0.1, 0.15) is 5.75 Å². The number of likely N-dealkylation sites (N-methyl/N-ethyl adjacent to an activating group) is 2. The van der Waals surface area contributed by atoms with E-state index in [9.17, 15) is 0 Å². The maximum absolute atomic E-state index is 5.64. The van der Waals surface area contributed by atoms with Gasteiger partial charge in [-0.25, -0.2) is 0 Å². The van der Waals surface area contributed by atoms with Gasteiger partial charge < -0.3 is 19.7 Å². The van der Waals surface area contributed by atoms with Crippen LogP contribution in [-0.2, 0) is 4.74 Å². The lowest BCUT2D eigenvalue weighted by molar-refractivity contribution is 0.155. The molecule has 0 bridgehead atoms. The third-order valence-corrected chi connectivity index (χ3v) is 3.38. The molecule has 0 aliphatic rings. The molecule has 1 N–H and O–H groups in total. The van der Waals surface area contributed by atoms with Crippen LogP contribution in [0.15, 0.2) is 24.3 Å². The summed E-state index contributed by atoms with van der Waals surface area (Å²) in [6.07, 6.45) is 1.03. The van der Waals surface area contributed by atoms with E-state index in [0.29, 0.717) is 6.04 Å². The van der Waals surface area contributed by atoms with Gasteiger partial charge in [0.05, 0.1) is 13.2 Å². The maximum Gasteiger partial charge on any atom is 0.119 e. The quantitative estimate of drug-likeness (QED) is 0.680. The maximum atomic E-state index is 5.64. The average molecular weight is 294 g/mol. The highest BCUT2D eigenvalue weighted by Gasteiger charge is 2.13. The van der Waals surface area contributed by atoms with Gasteiger partial charge in [0, 0.05) is 26.2 Å². The lowest BCUT2D eigenvalue weighted by Gasteiger charge is -2.25. The van der Waals surface area contributed by atoms with E-state index >= 15 is 0 Å². The zero-order chi connectivity index (χ0) is 15.5. The van der Waals surface area contributed by atoms with Gasteiger partial charge in [0.25, 0.3) is 0 Å². The highest BCUT2D eigenvalue weighted by atomic mass is 16.5. The minimum absolute atomic E-state index is 0.331. The fourth-order valence-corrected chi connectivity index (χ4v) is 2.20. The molecule has 1 rings (SSSR count). The standard InChI is InChI=1S/C17H30N2O2/c1-5-12-21-16-9-7-15(8-10-16)17(18-6-2)14-19(3)11-13-20-4/h7-10,17-18H,5-6,11-14H2,1-4H3. The van der Waals surface area contributed by atoms with E-state index < -0.39 is 0 Å². The summed E-state index contributed by atoms with van der Waals surface area (Å²) in [5.74, 6) is 0.948. The summed E-state index contributed by atoms with van der Waals surface area (Å²) in [6, 6.07) is 8.76. The molecule has 0 saturated carbocycles. The zero-order valence-electron chi connectivity index (χ0n) is 13.9. The second-order valence-corrected chi connectivity index (χ2v) is 5.28. The van der Waals surface area contributed by atoms with Crippen molar-refractivity contribution >= 4 is 0 Å². The first-order chi connectivity index (χ1) is 10.2. The molecule has 0 aliphatic carbocycles. The van der Waals surface area contributed by atoms with Gasteiger partial charge in [-0.05, 0) is 37.7 Å². The molecule has 0 radical (unpaired) electrons. The van der Waals surface area contributed by atoms with E-state index in [2.05, 4.69) is 55.4 Å². The second-order valence-electron chi connectivity index (χ2n) is 5.28. The molecule has 1 aromatic carbocycles. The Balaban J connectivity index is 2.62. The Labute approximate surface area is 129 Å². The largest absolute Gasteiger partial charge is 0.494 e. The van der Waals surface area contributed by atoms with Crippen LogP contribution < -0.4 is 10.1 Å². The number of hydrogen-bond acceptors (Lipinski definition) is 4. The second kappa shape index (κ2) is 10.6. The molecule has 1 atom stereocenters. The van der Waals surface area contributed by atoms with Crippen LogP contribution >= 0.6 is 0 Å². The Bertz CT molecular complexity index is 368. The SMILES string of the molecule is CCCOc1ccc(C(CN(C)CCOC)NCC)cc1. The zero-order valence-corrected chi connectivity index (χ0v) is 13.9. The number of benzene rings is 1. The van der Waals surface area contributed by atoms with Crippen molar-refractivity contribution in [3.05, 3.63) is 29.8 Å². The van der Waals surface area contributed by atoms with Crippen molar-refractivity contribution in [2.75, 3.05) is 47.0 Å². The van der Waals surface area contributed by atoms with Crippen molar-refractivity contribution in [3.63, 3.8) is 0 Å². The third kappa shape index (κ3) is 6.93. The molecule has 0 spiro atoms. The van der Waals surface area contributed by atoms with Crippen molar-refractivity contribution in [2.24, 2.45) is 0 Å². The molecule has 120 valence electrons.